The fourth-order valence-electron chi connectivity index (χ4n) is 3.62. The van der Waals surface area contributed by atoms with Crippen LogP contribution >= 0.6 is 0 Å². The van der Waals surface area contributed by atoms with Gasteiger partial charge in [0.2, 0.25) is 0 Å². The zero-order valence-electron chi connectivity index (χ0n) is 15.1. The first kappa shape index (κ1) is 16.3. The molecule has 0 atom stereocenters. The maximum absolute atomic E-state index is 4.35. The molecule has 0 aliphatic heterocycles. The average Bonchev–Trinajstić information content (AvgIpc) is 2.71. The third-order valence-electron chi connectivity index (χ3n) is 4.86. The molecule has 0 aliphatic carbocycles. The third-order valence-corrected chi connectivity index (χ3v) is 4.86. The Labute approximate surface area is 154 Å². The van der Waals surface area contributed by atoms with Crippen LogP contribution in [0.3, 0.4) is 0 Å². The van der Waals surface area contributed by atoms with E-state index >= 15 is 0 Å². The molecule has 4 aromatic rings. The molecule has 1 heteroatoms. The van der Waals surface area contributed by atoms with E-state index in [-0.39, 0.29) is 0 Å². The molecule has 1 nitrogen and oxygen atoms in total. The zero-order chi connectivity index (χ0) is 17.9. The SMILES string of the molecule is CN=Cc1c(/C=C(\C)c2ccccc2)c2ccccc2c2ccccc12. The topological polar surface area (TPSA) is 12.4 Å². The normalized spacial score (nSPS) is 12.3. The van der Waals surface area contributed by atoms with Gasteiger partial charge < -0.3 is 0 Å². The van der Waals surface area contributed by atoms with Crippen molar-refractivity contribution in [3.63, 3.8) is 0 Å². The van der Waals surface area contributed by atoms with Crippen LogP contribution in [-0.2, 0) is 0 Å². The van der Waals surface area contributed by atoms with Crippen molar-refractivity contribution in [2.24, 2.45) is 4.99 Å². The summed E-state index contributed by atoms with van der Waals surface area (Å²) in [5.74, 6) is 0. The van der Waals surface area contributed by atoms with Crippen LogP contribution in [0.2, 0.25) is 0 Å². The zero-order valence-corrected chi connectivity index (χ0v) is 15.1. The molecule has 0 fully saturated rings. The van der Waals surface area contributed by atoms with E-state index in [0.717, 1.165) is 0 Å². The first-order valence-electron chi connectivity index (χ1n) is 8.89. The minimum absolute atomic E-state index is 1.18. The van der Waals surface area contributed by atoms with E-state index in [1.165, 1.54) is 43.8 Å². The molecule has 0 saturated heterocycles. The fourth-order valence-corrected chi connectivity index (χ4v) is 3.62. The first-order chi connectivity index (χ1) is 12.8. The van der Waals surface area contributed by atoms with Crippen molar-refractivity contribution >= 4 is 39.4 Å². The second-order valence-electron chi connectivity index (χ2n) is 6.50. The van der Waals surface area contributed by atoms with E-state index in [1.54, 1.807) is 0 Å². The lowest BCUT2D eigenvalue weighted by molar-refractivity contribution is 1.47. The predicted molar refractivity (Wildman–Crippen MR) is 115 cm³/mol. The lowest BCUT2D eigenvalue weighted by Gasteiger charge is -2.14. The van der Waals surface area contributed by atoms with Crippen molar-refractivity contribution in [2.75, 3.05) is 7.05 Å². The van der Waals surface area contributed by atoms with Crippen LogP contribution in [0.4, 0.5) is 0 Å². The summed E-state index contributed by atoms with van der Waals surface area (Å²) in [7, 11) is 1.83. The highest BCUT2D eigenvalue weighted by molar-refractivity contribution is 6.19. The molecule has 0 aromatic heterocycles. The highest BCUT2D eigenvalue weighted by Gasteiger charge is 2.11. The van der Waals surface area contributed by atoms with Crippen LogP contribution in [0.1, 0.15) is 23.6 Å². The molecule has 4 rings (SSSR count). The average molecular weight is 335 g/mol. The quantitative estimate of drug-likeness (QED) is 0.227. The number of aliphatic imine (C=N–C) groups is 1. The molecule has 0 amide bonds. The van der Waals surface area contributed by atoms with Gasteiger partial charge in [-0.3, -0.25) is 4.99 Å². The van der Waals surface area contributed by atoms with E-state index < -0.39 is 0 Å². The van der Waals surface area contributed by atoms with Crippen molar-refractivity contribution in [2.45, 2.75) is 6.92 Å². The molecular weight excluding hydrogens is 314 g/mol. The van der Waals surface area contributed by atoms with E-state index in [2.05, 4.69) is 96.9 Å². The predicted octanol–water partition coefficient (Wildman–Crippen LogP) is 6.60. The molecule has 26 heavy (non-hydrogen) atoms. The molecule has 0 spiro atoms. The number of fused-ring (bicyclic) bond motifs is 3. The largest absolute Gasteiger partial charge is 0.296 e. The first-order valence-corrected chi connectivity index (χ1v) is 8.89. The van der Waals surface area contributed by atoms with Gasteiger partial charge in [0, 0.05) is 18.8 Å². The Morgan fingerprint density at radius 3 is 1.73 bits per heavy atom. The van der Waals surface area contributed by atoms with Crippen molar-refractivity contribution in [1.82, 2.24) is 0 Å². The molecule has 0 saturated carbocycles. The summed E-state index contributed by atoms with van der Waals surface area (Å²) in [5.41, 5.74) is 4.89. The number of hydrogen-bond donors (Lipinski definition) is 0. The van der Waals surface area contributed by atoms with Gasteiger partial charge in [-0.2, -0.15) is 0 Å². The van der Waals surface area contributed by atoms with Gasteiger partial charge in [0.25, 0.3) is 0 Å². The van der Waals surface area contributed by atoms with Crippen LogP contribution in [0.25, 0.3) is 33.2 Å². The third kappa shape index (κ3) is 2.82. The molecule has 126 valence electrons. The van der Waals surface area contributed by atoms with Gasteiger partial charge in [-0.1, -0.05) is 84.9 Å². The van der Waals surface area contributed by atoms with Gasteiger partial charge in [-0.15, -0.1) is 0 Å². The Bertz CT molecular complexity index is 1130. The summed E-state index contributed by atoms with van der Waals surface area (Å²) >= 11 is 0. The van der Waals surface area contributed by atoms with Gasteiger partial charge in [-0.05, 0) is 45.2 Å². The number of nitrogens with zero attached hydrogens (tertiary/aromatic N) is 1. The molecule has 0 radical (unpaired) electrons. The van der Waals surface area contributed by atoms with E-state index in [9.17, 15) is 0 Å². The Hall–Kier alpha value is -3.19. The Kier molecular flexibility index (Phi) is 4.37. The summed E-state index contributed by atoms with van der Waals surface area (Å²) in [6.45, 7) is 2.17. The number of allylic oxidation sites excluding steroid dienone is 1. The molecule has 0 unspecified atom stereocenters. The Balaban J connectivity index is 2.11. The minimum atomic E-state index is 1.18. The molecule has 0 heterocycles. The molecule has 0 bridgehead atoms. The minimum Gasteiger partial charge on any atom is -0.296 e. The highest BCUT2D eigenvalue weighted by atomic mass is 14.6. The molecule has 4 aromatic carbocycles. The van der Waals surface area contributed by atoms with Crippen molar-refractivity contribution in [3.8, 4) is 0 Å². The summed E-state index contributed by atoms with van der Waals surface area (Å²) in [4.78, 5) is 4.35. The van der Waals surface area contributed by atoms with Gasteiger partial charge in [0.15, 0.2) is 0 Å². The van der Waals surface area contributed by atoms with Gasteiger partial charge in [-0.25, -0.2) is 0 Å². The second-order valence-corrected chi connectivity index (χ2v) is 6.50. The summed E-state index contributed by atoms with van der Waals surface area (Å²) < 4.78 is 0. The molecular formula is C25H21N. The van der Waals surface area contributed by atoms with E-state index in [4.69, 9.17) is 0 Å². The molecule has 0 aliphatic rings. The monoisotopic (exact) mass is 335 g/mol. The van der Waals surface area contributed by atoms with Gasteiger partial charge >= 0.3 is 0 Å². The van der Waals surface area contributed by atoms with Crippen LogP contribution < -0.4 is 0 Å². The van der Waals surface area contributed by atoms with E-state index in [1.807, 2.05) is 13.3 Å². The standard InChI is InChI=1S/C25H21N/c1-18(19-10-4-3-5-11-19)16-24-22-14-8-6-12-20(22)21-13-7-9-15-23(21)25(24)17-26-2/h3-17H,1-2H3/b18-16+,26-17?. The summed E-state index contributed by atoms with van der Waals surface area (Å²) in [6.07, 6.45) is 4.28. The van der Waals surface area contributed by atoms with E-state index in [0.29, 0.717) is 0 Å². The Morgan fingerprint density at radius 2 is 1.15 bits per heavy atom. The maximum atomic E-state index is 4.35. The smallest absolute Gasteiger partial charge is 0.0293 e. The van der Waals surface area contributed by atoms with Crippen LogP contribution in [0.15, 0.2) is 83.9 Å². The lowest BCUT2D eigenvalue weighted by atomic mass is 9.90. The fraction of sp³-hybridized carbons (Fsp3) is 0.0800. The molecule has 0 N–H and O–H groups in total. The summed E-state index contributed by atoms with van der Waals surface area (Å²) in [5, 5.41) is 5.05. The number of hydrogen-bond acceptors (Lipinski definition) is 1. The van der Waals surface area contributed by atoms with Crippen molar-refractivity contribution in [3.05, 3.63) is 95.6 Å². The number of benzene rings is 4. The maximum Gasteiger partial charge on any atom is 0.0293 e. The summed E-state index contributed by atoms with van der Waals surface area (Å²) in [6, 6.07) is 27.8. The lowest BCUT2D eigenvalue weighted by Crippen LogP contribution is -1.94. The Morgan fingerprint density at radius 1 is 0.654 bits per heavy atom. The van der Waals surface area contributed by atoms with Gasteiger partial charge in [0.1, 0.15) is 0 Å². The van der Waals surface area contributed by atoms with Crippen molar-refractivity contribution in [1.29, 1.82) is 0 Å². The highest BCUT2D eigenvalue weighted by Crippen LogP contribution is 2.34. The second kappa shape index (κ2) is 6.97. The van der Waals surface area contributed by atoms with Crippen LogP contribution in [0, 0.1) is 0 Å². The van der Waals surface area contributed by atoms with Crippen LogP contribution in [0.5, 0.6) is 0 Å². The number of rotatable bonds is 3. The van der Waals surface area contributed by atoms with Crippen LogP contribution in [-0.4, -0.2) is 13.3 Å². The van der Waals surface area contributed by atoms with Crippen molar-refractivity contribution < 1.29 is 0 Å². The van der Waals surface area contributed by atoms with Gasteiger partial charge in [0.05, 0.1) is 0 Å².